The van der Waals surface area contributed by atoms with Gasteiger partial charge in [0, 0.05) is 6.04 Å². The molecule has 2 aliphatic carbocycles. The Morgan fingerprint density at radius 1 is 1.00 bits per heavy atom. The topological polar surface area (TPSA) is 26.0 Å². The first-order valence-corrected chi connectivity index (χ1v) is 4.13. The minimum atomic E-state index is 0.582. The Hall–Kier alpha value is -0.0400. The molecule has 1 nitrogen and oxygen atoms in total. The highest BCUT2D eigenvalue weighted by Crippen LogP contribution is 2.40. The van der Waals surface area contributed by atoms with Crippen molar-refractivity contribution in [3.63, 3.8) is 0 Å². The van der Waals surface area contributed by atoms with Gasteiger partial charge in [-0.25, -0.2) is 0 Å². The van der Waals surface area contributed by atoms with Crippen LogP contribution in [0.15, 0.2) is 0 Å². The molecule has 2 N–H and O–H groups in total. The Morgan fingerprint density at radius 3 is 1.89 bits per heavy atom. The highest BCUT2D eigenvalue weighted by molar-refractivity contribution is 4.91. The molecule has 0 aromatic rings. The van der Waals surface area contributed by atoms with Crippen LogP contribution in [0.25, 0.3) is 0 Å². The predicted octanol–water partition coefficient (Wildman–Crippen LogP) is 1.52. The number of hydrogen-bond donors (Lipinski definition) is 1. The van der Waals surface area contributed by atoms with E-state index in [2.05, 4.69) is 0 Å². The maximum atomic E-state index is 5.98. The van der Waals surface area contributed by atoms with Crippen molar-refractivity contribution in [3.05, 3.63) is 0 Å². The molecule has 0 radical (unpaired) electrons. The van der Waals surface area contributed by atoms with Crippen molar-refractivity contribution < 1.29 is 0 Å². The summed E-state index contributed by atoms with van der Waals surface area (Å²) in [7, 11) is 0. The van der Waals surface area contributed by atoms with E-state index >= 15 is 0 Å². The second-order valence-electron chi connectivity index (χ2n) is 3.61. The summed E-state index contributed by atoms with van der Waals surface area (Å²) in [6.45, 7) is 0. The van der Waals surface area contributed by atoms with Gasteiger partial charge in [-0.05, 0) is 37.5 Å². The summed E-state index contributed by atoms with van der Waals surface area (Å²) in [5, 5.41) is 0. The van der Waals surface area contributed by atoms with E-state index in [1.807, 2.05) is 0 Å². The van der Waals surface area contributed by atoms with Crippen molar-refractivity contribution in [3.8, 4) is 0 Å². The molecule has 0 saturated heterocycles. The molecule has 2 rings (SSSR count). The molecule has 2 fully saturated rings. The Morgan fingerprint density at radius 2 is 1.56 bits per heavy atom. The van der Waals surface area contributed by atoms with Crippen LogP contribution in [-0.2, 0) is 0 Å². The van der Waals surface area contributed by atoms with E-state index in [0.717, 1.165) is 11.8 Å². The lowest BCUT2D eigenvalue weighted by atomic mass is 9.78. The van der Waals surface area contributed by atoms with Crippen molar-refractivity contribution in [2.75, 3.05) is 0 Å². The molecule has 0 aliphatic heterocycles. The summed E-state index contributed by atoms with van der Waals surface area (Å²) in [4.78, 5) is 0. The number of hydrogen-bond acceptors (Lipinski definition) is 1. The molecule has 1 heteroatoms. The normalized spacial score (nSPS) is 31.7. The highest BCUT2D eigenvalue weighted by Gasteiger charge is 2.35. The van der Waals surface area contributed by atoms with E-state index < -0.39 is 0 Å². The monoisotopic (exact) mass is 125 g/mol. The van der Waals surface area contributed by atoms with Gasteiger partial charge in [0.1, 0.15) is 0 Å². The van der Waals surface area contributed by atoms with Crippen molar-refractivity contribution in [2.45, 2.75) is 38.1 Å². The molecule has 52 valence electrons. The fourth-order valence-electron chi connectivity index (χ4n) is 1.69. The average Bonchev–Trinajstić information content (AvgIpc) is 2.37. The minimum absolute atomic E-state index is 0.582. The largest absolute Gasteiger partial charge is 0.327 e. The first kappa shape index (κ1) is 5.72. The van der Waals surface area contributed by atoms with Gasteiger partial charge in [0.05, 0.1) is 0 Å². The van der Waals surface area contributed by atoms with E-state index in [-0.39, 0.29) is 0 Å². The molecular formula is C8H15N. The Labute approximate surface area is 56.6 Å². The minimum Gasteiger partial charge on any atom is -0.327 e. The summed E-state index contributed by atoms with van der Waals surface area (Å²) in [5.41, 5.74) is 5.98. The van der Waals surface area contributed by atoms with Crippen molar-refractivity contribution in [1.82, 2.24) is 0 Å². The van der Waals surface area contributed by atoms with Crippen molar-refractivity contribution in [2.24, 2.45) is 17.6 Å². The van der Waals surface area contributed by atoms with E-state index in [4.69, 9.17) is 5.73 Å². The first-order valence-electron chi connectivity index (χ1n) is 4.13. The second-order valence-corrected chi connectivity index (χ2v) is 3.61. The lowest BCUT2D eigenvalue weighted by Gasteiger charge is -2.31. The summed E-state index contributed by atoms with van der Waals surface area (Å²) in [6.07, 6.45) is 7.09. The van der Waals surface area contributed by atoms with Crippen LogP contribution in [-0.4, -0.2) is 6.04 Å². The molecule has 0 aromatic heterocycles. The van der Waals surface area contributed by atoms with Crippen LogP contribution in [0.1, 0.15) is 32.1 Å². The molecule has 2 aliphatic rings. The van der Waals surface area contributed by atoms with Crippen LogP contribution in [0.4, 0.5) is 0 Å². The zero-order chi connectivity index (χ0) is 6.27. The Balaban J connectivity index is 1.81. The molecule has 0 amide bonds. The van der Waals surface area contributed by atoms with Gasteiger partial charge in [0.15, 0.2) is 0 Å². The van der Waals surface area contributed by atoms with Gasteiger partial charge in [-0.1, -0.05) is 6.42 Å². The summed E-state index contributed by atoms with van der Waals surface area (Å²) in [6, 6.07) is 0.582. The van der Waals surface area contributed by atoms with Crippen LogP contribution in [0.3, 0.4) is 0 Å². The molecule has 9 heavy (non-hydrogen) atoms. The average molecular weight is 125 g/mol. The lowest BCUT2D eigenvalue weighted by Crippen LogP contribution is -2.36. The van der Waals surface area contributed by atoms with E-state index in [0.29, 0.717) is 6.04 Å². The third kappa shape index (κ3) is 0.983. The van der Waals surface area contributed by atoms with Gasteiger partial charge in [-0.3, -0.25) is 0 Å². The highest BCUT2D eigenvalue weighted by atomic mass is 14.7. The maximum absolute atomic E-state index is 5.98. The van der Waals surface area contributed by atoms with Crippen LogP contribution in [0.2, 0.25) is 0 Å². The van der Waals surface area contributed by atoms with Crippen LogP contribution >= 0.6 is 0 Å². The maximum Gasteiger partial charge on any atom is 0.00956 e. The molecule has 1 atom stereocenters. The summed E-state index contributed by atoms with van der Waals surface area (Å²) in [5.74, 6) is 1.84. The SMILES string of the molecule is NC(C1CCC1)C1CC1. The van der Waals surface area contributed by atoms with Gasteiger partial charge < -0.3 is 5.73 Å². The number of rotatable bonds is 2. The molecule has 0 heterocycles. The molecule has 0 bridgehead atoms. The van der Waals surface area contributed by atoms with E-state index in [9.17, 15) is 0 Å². The van der Waals surface area contributed by atoms with Crippen LogP contribution < -0.4 is 5.73 Å². The van der Waals surface area contributed by atoms with Crippen LogP contribution in [0, 0.1) is 11.8 Å². The van der Waals surface area contributed by atoms with Gasteiger partial charge in [0.25, 0.3) is 0 Å². The fraction of sp³-hybridized carbons (Fsp3) is 1.00. The molecule has 0 aromatic carbocycles. The Kier molecular flexibility index (Phi) is 1.26. The van der Waals surface area contributed by atoms with Crippen molar-refractivity contribution in [1.29, 1.82) is 0 Å². The van der Waals surface area contributed by atoms with Gasteiger partial charge >= 0.3 is 0 Å². The zero-order valence-electron chi connectivity index (χ0n) is 5.84. The lowest BCUT2D eigenvalue weighted by molar-refractivity contribution is 0.244. The summed E-state index contributed by atoms with van der Waals surface area (Å²) >= 11 is 0. The molecule has 2 saturated carbocycles. The predicted molar refractivity (Wildman–Crippen MR) is 38.0 cm³/mol. The standard InChI is InChI=1S/C8H15N/c9-8(7-4-5-7)6-2-1-3-6/h6-8H,1-5,9H2. The zero-order valence-corrected chi connectivity index (χ0v) is 5.84. The van der Waals surface area contributed by atoms with Crippen molar-refractivity contribution >= 4 is 0 Å². The quantitative estimate of drug-likeness (QED) is 0.595. The Bertz CT molecular complexity index is 103. The molecule has 0 spiro atoms. The first-order chi connectivity index (χ1) is 4.38. The van der Waals surface area contributed by atoms with E-state index in [1.54, 1.807) is 0 Å². The second kappa shape index (κ2) is 1.98. The van der Waals surface area contributed by atoms with Gasteiger partial charge in [-0.2, -0.15) is 0 Å². The third-order valence-electron chi connectivity index (χ3n) is 2.86. The smallest absolute Gasteiger partial charge is 0.00956 e. The van der Waals surface area contributed by atoms with Crippen LogP contribution in [0.5, 0.6) is 0 Å². The van der Waals surface area contributed by atoms with E-state index in [1.165, 1.54) is 32.1 Å². The number of nitrogens with two attached hydrogens (primary N) is 1. The summed E-state index contributed by atoms with van der Waals surface area (Å²) < 4.78 is 0. The fourth-order valence-corrected chi connectivity index (χ4v) is 1.69. The molecule has 1 unspecified atom stereocenters. The van der Waals surface area contributed by atoms with Gasteiger partial charge in [-0.15, -0.1) is 0 Å². The molecular weight excluding hydrogens is 110 g/mol. The third-order valence-corrected chi connectivity index (χ3v) is 2.86. The van der Waals surface area contributed by atoms with Gasteiger partial charge in [0.2, 0.25) is 0 Å².